The number of carbonyl (C=O) groups excluding carboxylic acids is 1. The molecule has 0 radical (unpaired) electrons. The van der Waals surface area contributed by atoms with Gasteiger partial charge in [0.25, 0.3) is 0 Å². The third-order valence-electron chi connectivity index (χ3n) is 4.73. The molecule has 1 atom stereocenters. The summed E-state index contributed by atoms with van der Waals surface area (Å²) >= 11 is 1.56. The van der Waals surface area contributed by atoms with E-state index in [0.29, 0.717) is 18.8 Å². The largest absolute Gasteiger partial charge is 0.398 e. The Balaban J connectivity index is 1.85. The molecule has 0 bridgehead atoms. The van der Waals surface area contributed by atoms with Gasteiger partial charge < -0.3 is 16.4 Å². The number of rotatable bonds is 11. The van der Waals surface area contributed by atoms with Crippen LogP contribution in [-0.2, 0) is 11.2 Å². The molecule has 29 heavy (non-hydrogen) atoms. The molecule has 4 N–H and O–H groups in total. The topological polar surface area (TPSA) is 67.2 Å². The summed E-state index contributed by atoms with van der Waals surface area (Å²) in [4.78, 5) is 14.4. The highest BCUT2D eigenvalue weighted by Crippen LogP contribution is 2.34. The maximum atomic E-state index is 12.5. The number of benzene rings is 2. The Kier molecular flexibility index (Phi) is 9.29. The predicted octanol–water partition coefficient (Wildman–Crippen LogP) is 4.73. The Hall–Kier alpha value is -2.24. The molecule has 0 aliphatic rings. The van der Waals surface area contributed by atoms with Gasteiger partial charge >= 0.3 is 0 Å². The number of nitrogens with two attached hydrogens (primary N) is 1. The first-order valence-corrected chi connectivity index (χ1v) is 10.9. The zero-order valence-electron chi connectivity index (χ0n) is 17.7. The molecule has 0 saturated heterocycles. The van der Waals surface area contributed by atoms with Crippen molar-refractivity contribution < 1.29 is 4.79 Å². The molecule has 0 heterocycles. The van der Waals surface area contributed by atoms with E-state index in [2.05, 4.69) is 55.3 Å². The van der Waals surface area contributed by atoms with Crippen molar-refractivity contribution in [2.75, 3.05) is 19.3 Å². The Morgan fingerprint density at radius 1 is 1.14 bits per heavy atom. The molecule has 1 amide bonds. The summed E-state index contributed by atoms with van der Waals surface area (Å²) in [6, 6.07) is 16.4. The molecular formula is C24H33N3OS. The van der Waals surface area contributed by atoms with Crippen LogP contribution < -0.4 is 16.4 Å². The van der Waals surface area contributed by atoms with Crippen LogP contribution in [0.4, 0.5) is 5.69 Å². The molecule has 0 aromatic heterocycles. The minimum Gasteiger partial charge on any atom is -0.398 e. The fourth-order valence-electron chi connectivity index (χ4n) is 3.08. The first-order valence-electron chi connectivity index (χ1n) is 10.1. The number of nitrogens with one attached hydrogen (secondary N) is 2. The van der Waals surface area contributed by atoms with Crippen LogP contribution in [0.1, 0.15) is 43.7 Å². The van der Waals surface area contributed by atoms with Gasteiger partial charge in [0.05, 0.1) is 0 Å². The number of hydrogen-bond acceptors (Lipinski definition) is 4. The monoisotopic (exact) mass is 411 g/mol. The number of nitrogen functional groups attached to an aromatic ring is 1. The van der Waals surface area contributed by atoms with Crippen LogP contribution in [0.5, 0.6) is 0 Å². The van der Waals surface area contributed by atoms with E-state index in [0.717, 1.165) is 28.5 Å². The highest BCUT2D eigenvalue weighted by atomic mass is 32.2. The van der Waals surface area contributed by atoms with Crippen LogP contribution in [-0.4, -0.2) is 25.5 Å². The molecule has 2 rings (SSSR count). The van der Waals surface area contributed by atoms with Crippen molar-refractivity contribution in [3.63, 3.8) is 0 Å². The molecule has 1 unspecified atom stereocenters. The van der Waals surface area contributed by atoms with E-state index in [-0.39, 0.29) is 11.9 Å². The lowest BCUT2D eigenvalue weighted by Gasteiger charge is -2.19. The minimum absolute atomic E-state index is 0.0480. The van der Waals surface area contributed by atoms with Crippen molar-refractivity contribution in [1.82, 2.24) is 10.6 Å². The second-order valence-electron chi connectivity index (χ2n) is 7.60. The molecule has 5 heteroatoms. The number of thioether (sulfide) groups is 1. The fraction of sp³-hybridized carbons (Fsp3) is 0.375. The van der Waals surface area contributed by atoms with Crippen molar-refractivity contribution >= 4 is 23.4 Å². The van der Waals surface area contributed by atoms with Crippen molar-refractivity contribution in [3.05, 3.63) is 71.1 Å². The van der Waals surface area contributed by atoms with Crippen LogP contribution in [0.15, 0.2) is 64.9 Å². The van der Waals surface area contributed by atoms with E-state index < -0.39 is 0 Å². The Labute approximate surface area is 179 Å². The van der Waals surface area contributed by atoms with E-state index in [9.17, 15) is 4.79 Å². The zero-order chi connectivity index (χ0) is 21.2. The van der Waals surface area contributed by atoms with Gasteiger partial charge in [-0.05, 0) is 54.0 Å². The van der Waals surface area contributed by atoms with Gasteiger partial charge in [0.1, 0.15) is 0 Å². The minimum atomic E-state index is 0.0480. The molecular weight excluding hydrogens is 378 g/mol. The van der Waals surface area contributed by atoms with Gasteiger partial charge in [-0.3, -0.25) is 4.79 Å². The van der Waals surface area contributed by atoms with Crippen LogP contribution in [0.25, 0.3) is 0 Å². The number of likely N-dealkylation sites (N-methyl/N-ethyl adjacent to an activating group) is 1. The maximum Gasteiger partial charge on any atom is 0.220 e. The second-order valence-corrected chi connectivity index (χ2v) is 8.83. The third-order valence-corrected chi connectivity index (χ3v) is 5.80. The molecule has 0 saturated carbocycles. The van der Waals surface area contributed by atoms with Gasteiger partial charge in [0.15, 0.2) is 0 Å². The molecule has 0 fully saturated rings. The SMILES string of the molecule is C=C(CCC(=O)NC(CNC)Cc1ccccc1)Sc1cc(C(C)C)ccc1N. The lowest BCUT2D eigenvalue weighted by molar-refractivity contribution is -0.121. The highest BCUT2D eigenvalue weighted by Gasteiger charge is 2.13. The predicted molar refractivity (Wildman–Crippen MR) is 125 cm³/mol. The summed E-state index contributed by atoms with van der Waals surface area (Å²) in [5.74, 6) is 0.495. The fourth-order valence-corrected chi connectivity index (χ4v) is 3.97. The van der Waals surface area contributed by atoms with Crippen molar-refractivity contribution in [2.45, 2.75) is 50.0 Å². The molecule has 2 aromatic rings. The summed E-state index contributed by atoms with van der Waals surface area (Å²) in [6.07, 6.45) is 1.85. The quantitative estimate of drug-likeness (QED) is 0.369. The summed E-state index contributed by atoms with van der Waals surface area (Å²) in [5.41, 5.74) is 9.34. The summed E-state index contributed by atoms with van der Waals surface area (Å²) < 4.78 is 0. The van der Waals surface area contributed by atoms with Gasteiger partial charge in [-0.1, -0.05) is 68.6 Å². The van der Waals surface area contributed by atoms with Crippen LogP contribution in [0.3, 0.4) is 0 Å². The molecule has 4 nitrogen and oxygen atoms in total. The first kappa shape index (κ1) is 23.0. The van der Waals surface area contributed by atoms with E-state index >= 15 is 0 Å². The van der Waals surface area contributed by atoms with E-state index in [1.165, 1.54) is 11.1 Å². The zero-order valence-corrected chi connectivity index (χ0v) is 18.5. The molecule has 0 aliphatic heterocycles. The summed E-state index contributed by atoms with van der Waals surface area (Å²) in [6.45, 7) is 9.19. The van der Waals surface area contributed by atoms with Crippen molar-refractivity contribution in [3.8, 4) is 0 Å². The van der Waals surface area contributed by atoms with E-state index in [1.807, 2.05) is 31.3 Å². The Morgan fingerprint density at radius 3 is 2.52 bits per heavy atom. The van der Waals surface area contributed by atoms with Gasteiger partial charge in [0.2, 0.25) is 5.91 Å². The molecule has 156 valence electrons. The van der Waals surface area contributed by atoms with Crippen LogP contribution in [0.2, 0.25) is 0 Å². The van der Waals surface area contributed by atoms with Gasteiger partial charge in [-0.25, -0.2) is 0 Å². The molecule has 0 aliphatic carbocycles. The van der Waals surface area contributed by atoms with Crippen LogP contribution >= 0.6 is 11.8 Å². The van der Waals surface area contributed by atoms with Gasteiger partial charge in [0, 0.05) is 29.6 Å². The van der Waals surface area contributed by atoms with E-state index in [1.54, 1.807) is 11.8 Å². The maximum absolute atomic E-state index is 12.5. The first-order chi connectivity index (χ1) is 13.9. The molecule has 0 spiro atoms. The number of carbonyl (C=O) groups is 1. The second kappa shape index (κ2) is 11.7. The number of allylic oxidation sites excluding steroid dienone is 1. The Bertz CT molecular complexity index is 805. The number of amides is 1. The smallest absolute Gasteiger partial charge is 0.220 e. The third kappa shape index (κ3) is 7.95. The number of anilines is 1. The lowest BCUT2D eigenvalue weighted by atomic mass is 10.0. The van der Waals surface area contributed by atoms with E-state index in [4.69, 9.17) is 5.73 Å². The number of hydrogen-bond donors (Lipinski definition) is 3. The van der Waals surface area contributed by atoms with Gasteiger partial charge in [-0.15, -0.1) is 0 Å². The van der Waals surface area contributed by atoms with Crippen molar-refractivity contribution in [1.29, 1.82) is 0 Å². The van der Waals surface area contributed by atoms with Crippen molar-refractivity contribution in [2.24, 2.45) is 0 Å². The normalized spacial score (nSPS) is 12.0. The highest BCUT2D eigenvalue weighted by molar-refractivity contribution is 8.03. The average Bonchev–Trinajstić information content (AvgIpc) is 2.69. The standard InChI is InChI=1S/C24H33N3OS/c1-17(2)20-11-12-22(25)23(15-20)29-18(3)10-13-24(28)27-21(16-26-4)14-19-8-6-5-7-9-19/h5-9,11-12,15,17,21,26H,3,10,13-14,16,25H2,1-2,4H3,(H,27,28). The average molecular weight is 412 g/mol. The Morgan fingerprint density at radius 2 is 1.86 bits per heavy atom. The lowest BCUT2D eigenvalue weighted by Crippen LogP contribution is -2.42. The molecule has 2 aromatic carbocycles. The summed E-state index contributed by atoms with van der Waals surface area (Å²) in [7, 11) is 1.90. The van der Waals surface area contributed by atoms with Crippen LogP contribution in [0, 0.1) is 0 Å². The summed E-state index contributed by atoms with van der Waals surface area (Å²) in [5, 5.41) is 6.31. The van der Waals surface area contributed by atoms with Gasteiger partial charge in [-0.2, -0.15) is 0 Å².